The van der Waals surface area contributed by atoms with Crippen LogP contribution in [0.2, 0.25) is 0 Å². The van der Waals surface area contributed by atoms with Crippen LogP contribution in [0.3, 0.4) is 0 Å². The number of aryl methyl sites for hydroxylation is 1. The summed E-state index contributed by atoms with van der Waals surface area (Å²) in [6, 6.07) is 0. The lowest BCUT2D eigenvalue weighted by molar-refractivity contribution is -0.107. The number of hydrogen-bond acceptors (Lipinski definition) is 4. The van der Waals surface area contributed by atoms with Crippen LogP contribution >= 0.6 is 0 Å². The van der Waals surface area contributed by atoms with Gasteiger partial charge >= 0.3 is 0 Å². The van der Waals surface area contributed by atoms with Gasteiger partial charge in [0.1, 0.15) is 12.2 Å². The van der Waals surface area contributed by atoms with E-state index in [-0.39, 0.29) is 0 Å². The molecule has 0 radical (unpaired) electrons. The number of nitrogens with zero attached hydrogens (tertiary/aromatic N) is 4. The number of rotatable bonds is 5. The molecule has 0 atom stereocenters. The summed E-state index contributed by atoms with van der Waals surface area (Å²) in [7, 11) is 0. The average Bonchev–Trinajstić information content (AvgIpc) is 2.63. The van der Waals surface area contributed by atoms with Crippen molar-refractivity contribution in [3.05, 3.63) is 12.2 Å². The van der Waals surface area contributed by atoms with Gasteiger partial charge in [-0.2, -0.15) is 5.10 Å². The first kappa shape index (κ1) is 11.5. The summed E-state index contributed by atoms with van der Waals surface area (Å²) in [5.74, 6) is 0.987. The Morgan fingerprint density at radius 3 is 2.81 bits per heavy atom. The molecule has 0 aromatic carbocycles. The predicted molar refractivity (Wildman–Crippen MR) is 60.8 cm³/mol. The van der Waals surface area contributed by atoms with Gasteiger partial charge in [-0.05, 0) is 13.3 Å². The quantitative estimate of drug-likeness (QED) is 0.797. The van der Waals surface area contributed by atoms with Gasteiger partial charge in [0.25, 0.3) is 0 Å². The summed E-state index contributed by atoms with van der Waals surface area (Å²) < 4.78 is 1.90. The van der Waals surface area contributed by atoms with Crippen molar-refractivity contribution in [3.63, 3.8) is 0 Å². The van der Waals surface area contributed by atoms with Crippen molar-refractivity contribution >= 4 is 0 Å². The Balaban J connectivity index is 1.85. The van der Waals surface area contributed by atoms with Gasteiger partial charge in [0.15, 0.2) is 0 Å². The van der Waals surface area contributed by atoms with Crippen molar-refractivity contribution in [2.75, 3.05) is 13.1 Å². The highest BCUT2D eigenvalue weighted by Gasteiger charge is 2.40. The van der Waals surface area contributed by atoms with Crippen molar-refractivity contribution < 1.29 is 5.11 Å². The van der Waals surface area contributed by atoms with Crippen LogP contribution in [0.5, 0.6) is 0 Å². The molecule has 1 saturated heterocycles. The van der Waals surface area contributed by atoms with Crippen LogP contribution in [0.1, 0.15) is 32.5 Å². The molecule has 5 heteroatoms. The molecule has 90 valence electrons. The third kappa shape index (κ3) is 2.25. The van der Waals surface area contributed by atoms with Gasteiger partial charge in [0.05, 0.1) is 12.1 Å². The molecule has 1 aromatic rings. The number of hydrogen-bond donors (Lipinski definition) is 1. The van der Waals surface area contributed by atoms with Crippen LogP contribution in [0.4, 0.5) is 0 Å². The Morgan fingerprint density at radius 1 is 1.44 bits per heavy atom. The molecule has 0 saturated carbocycles. The van der Waals surface area contributed by atoms with E-state index in [0.717, 1.165) is 44.8 Å². The monoisotopic (exact) mass is 224 g/mol. The molecule has 2 heterocycles. The van der Waals surface area contributed by atoms with E-state index in [2.05, 4.69) is 28.8 Å². The third-order valence-corrected chi connectivity index (χ3v) is 3.11. The standard InChI is InChI=1S/C11H20N4O/c1-3-5-11(16)7-14(8-11)6-10-12-9-13-15(10)4-2/h9,16H,3-8H2,1-2H3. The fourth-order valence-corrected chi connectivity index (χ4v) is 2.40. The van der Waals surface area contributed by atoms with Crippen LogP contribution < -0.4 is 0 Å². The van der Waals surface area contributed by atoms with E-state index in [1.807, 2.05) is 4.68 Å². The van der Waals surface area contributed by atoms with Crippen LogP contribution in [-0.4, -0.2) is 43.5 Å². The van der Waals surface area contributed by atoms with Crippen LogP contribution in [0, 0.1) is 0 Å². The highest BCUT2D eigenvalue weighted by atomic mass is 16.3. The molecule has 0 bridgehead atoms. The first-order valence-electron chi connectivity index (χ1n) is 5.98. The van der Waals surface area contributed by atoms with Gasteiger partial charge in [-0.1, -0.05) is 13.3 Å². The summed E-state index contributed by atoms with van der Waals surface area (Å²) in [6.07, 6.45) is 3.52. The van der Waals surface area contributed by atoms with E-state index in [1.165, 1.54) is 0 Å². The molecule has 0 spiro atoms. The van der Waals surface area contributed by atoms with Gasteiger partial charge in [-0.15, -0.1) is 0 Å². The summed E-state index contributed by atoms with van der Waals surface area (Å²) in [5, 5.41) is 14.2. The maximum absolute atomic E-state index is 10.1. The summed E-state index contributed by atoms with van der Waals surface area (Å²) in [4.78, 5) is 6.45. The van der Waals surface area contributed by atoms with Crippen LogP contribution in [0.15, 0.2) is 6.33 Å². The molecule has 1 aromatic heterocycles. The van der Waals surface area contributed by atoms with Gasteiger partial charge in [-0.25, -0.2) is 9.67 Å². The van der Waals surface area contributed by atoms with Crippen molar-refractivity contribution in [2.24, 2.45) is 0 Å². The fourth-order valence-electron chi connectivity index (χ4n) is 2.40. The maximum Gasteiger partial charge on any atom is 0.140 e. The first-order chi connectivity index (χ1) is 7.67. The van der Waals surface area contributed by atoms with E-state index < -0.39 is 5.60 Å². The Hall–Kier alpha value is -0.940. The van der Waals surface area contributed by atoms with Crippen LogP contribution in [0.25, 0.3) is 0 Å². The predicted octanol–water partition coefficient (Wildman–Crippen LogP) is 0.645. The number of likely N-dealkylation sites (tertiary alicyclic amines) is 1. The van der Waals surface area contributed by atoms with Gasteiger partial charge < -0.3 is 5.11 Å². The van der Waals surface area contributed by atoms with Gasteiger partial charge in [0, 0.05) is 19.6 Å². The summed E-state index contributed by atoms with van der Waals surface area (Å²) in [5.41, 5.74) is -0.453. The van der Waals surface area contributed by atoms with E-state index in [4.69, 9.17) is 0 Å². The van der Waals surface area contributed by atoms with Gasteiger partial charge in [0.2, 0.25) is 0 Å². The molecule has 5 nitrogen and oxygen atoms in total. The van der Waals surface area contributed by atoms with Crippen molar-refractivity contribution in [2.45, 2.75) is 45.4 Å². The van der Waals surface area contributed by atoms with E-state index in [0.29, 0.717) is 0 Å². The second-order valence-electron chi connectivity index (χ2n) is 4.61. The number of β-amino-alcohol motifs (C(OH)–C–C–N with tert-alkyl or cyclic N) is 1. The highest BCUT2D eigenvalue weighted by molar-refractivity contribution is 4.97. The largest absolute Gasteiger partial charge is 0.387 e. The maximum atomic E-state index is 10.1. The number of aromatic nitrogens is 3. The Morgan fingerprint density at radius 2 is 2.19 bits per heavy atom. The second-order valence-corrected chi connectivity index (χ2v) is 4.61. The molecular formula is C11H20N4O. The normalized spacial score (nSPS) is 19.7. The lowest BCUT2D eigenvalue weighted by atomic mass is 9.89. The second kappa shape index (κ2) is 4.51. The number of aliphatic hydroxyl groups is 1. The first-order valence-corrected chi connectivity index (χ1v) is 5.98. The molecule has 2 rings (SSSR count). The minimum absolute atomic E-state index is 0.453. The molecule has 1 aliphatic heterocycles. The van der Waals surface area contributed by atoms with E-state index >= 15 is 0 Å². The lowest BCUT2D eigenvalue weighted by Crippen LogP contribution is -2.61. The highest BCUT2D eigenvalue weighted by Crippen LogP contribution is 2.26. The fraction of sp³-hybridized carbons (Fsp3) is 0.818. The topological polar surface area (TPSA) is 54.2 Å². The third-order valence-electron chi connectivity index (χ3n) is 3.11. The van der Waals surface area contributed by atoms with Crippen LogP contribution in [-0.2, 0) is 13.1 Å². The molecule has 0 aliphatic carbocycles. The molecular weight excluding hydrogens is 204 g/mol. The smallest absolute Gasteiger partial charge is 0.140 e. The minimum Gasteiger partial charge on any atom is -0.387 e. The van der Waals surface area contributed by atoms with Gasteiger partial charge in [-0.3, -0.25) is 4.90 Å². The Labute approximate surface area is 96.1 Å². The molecule has 0 amide bonds. The zero-order valence-electron chi connectivity index (χ0n) is 10.1. The average molecular weight is 224 g/mol. The van der Waals surface area contributed by atoms with Crippen molar-refractivity contribution in [3.8, 4) is 0 Å². The Bertz CT molecular complexity index is 344. The zero-order chi connectivity index (χ0) is 11.6. The van der Waals surface area contributed by atoms with Crippen molar-refractivity contribution in [1.82, 2.24) is 19.7 Å². The lowest BCUT2D eigenvalue weighted by Gasteiger charge is -2.46. The molecule has 16 heavy (non-hydrogen) atoms. The molecule has 1 N–H and O–H groups in total. The Kier molecular flexibility index (Phi) is 3.25. The SMILES string of the molecule is CCCC1(O)CN(Cc2ncnn2CC)C1. The van der Waals surface area contributed by atoms with E-state index in [1.54, 1.807) is 6.33 Å². The van der Waals surface area contributed by atoms with E-state index in [9.17, 15) is 5.11 Å². The molecule has 1 fully saturated rings. The summed E-state index contributed by atoms with van der Waals surface area (Å²) >= 11 is 0. The summed E-state index contributed by atoms with van der Waals surface area (Å²) in [6.45, 7) is 7.33. The zero-order valence-corrected chi connectivity index (χ0v) is 10.1. The minimum atomic E-state index is -0.453. The molecule has 1 aliphatic rings. The van der Waals surface area contributed by atoms with Crippen molar-refractivity contribution in [1.29, 1.82) is 0 Å². The molecule has 0 unspecified atom stereocenters.